The van der Waals surface area contributed by atoms with Crippen LogP contribution in [0, 0.1) is 0 Å². The largest absolute Gasteiger partial charge is 0.378 e. The van der Waals surface area contributed by atoms with Crippen molar-refractivity contribution in [1.82, 2.24) is 0 Å². The highest BCUT2D eigenvalue weighted by Crippen LogP contribution is 2.14. The zero-order chi connectivity index (χ0) is 18.4. The maximum absolute atomic E-state index is 12.4. The Morgan fingerprint density at radius 3 is 2.04 bits per heavy atom. The molecular formula is C20H20N2O3. The summed E-state index contributed by atoms with van der Waals surface area (Å²) in [6.45, 7) is 1.26. The number of anilines is 2. The predicted octanol–water partition coefficient (Wildman–Crippen LogP) is 3.09. The lowest BCUT2D eigenvalue weighted by Crippen LogP contribution is -2.20. The van der Waals surface area contributed by atoms with E-state index in [1.807, 2.05) is 25.1 Å². The summed E-state index contributed by atoms with van der Waals surface area (Å²) in [6, 6.07) is 15.7. The van der Waals surface area contributed by atoms with Gasteiger partial charge in [0.1, 0.15) is 0 Å². The van der Waals surface area contributed by atoms with Crippen molar-refractivity contribution in [3.05, 3.63) is 71.8 Å². The molecule has 1 N–H and O–H groups in total. The number of para-hydroxylation sites is 1. The molecule has 0 aliphatic rings. The number of benzene rings is 2. The number of ketones is 2. The van der Waals surface area contributed by atoms with Crippen LogP contribution in [-0.2, 0) is 9.59 Å². The summed E-state index contributed by atoms with van der Waals surface area (Å²) >= 11 is 0. The molecule has 0 atom stereocenters. The van der Waals surface area contributed by atoms with Crippen LogP contribution in [0.2, 0.25) is 0 Å². The summed E-state index contributed by atoms with van der Waals surface area (Å²) in [7, 11) is 3.80. The molecule has 2 rings (SSSR count). The quantitative estimate of drug-likeness (QED) is 0.381. The van der Waals surface area contributed by atoms with Gasteiger partial charge in [0.2, 0.25) is 0 Å². The van der Waals surface area contributed by atoms with Crippen LogP contribution in [0.3, 0.4) is 0 Å². The van der Waals surface area contributed by atoms with Crippen LogP contribution in [0.5, 0.6) is 0 Å². The average Bonchev–Trinajstić information content (AvgIpc) is 2.60. The van der Waals surface area contributed by atoms with Crippen LogP contribution in [0.25, 0.3) is 0 Å². The van der Waals surface area contributed by atoms with E-state index in [4.69, 9.17) is 0 Å². The Balaban J connectivity index is 2.22. The van der Waals surface area contributed by atoms with E-state index < -0.39 is 17.5 Å². The first-order valence-corrected chi connectivity index (χ1v) is 7.79. The molecule has 0 aliphatic heterocycles. The first kappa shape index (κ1) is 18.1. The average molecular weight is 336 g/mol. The van der Waals surface area contributed by atoms with Crippen molar-refractivity contribution < 1.29 is 14.4 Å². The van der Waals surface area contributed by atoms with Crippen LogP contribution in [0.4, 0.5) is 11.4 Å². The molecule has 0 saturated carbocycles. The molecule has 25 heavy (non-hydrogen) atoms. The molecule has 0 heterocycles. The standard InChI is InChI=1S/C20H20N2O3/c1-14(23)18(20(25)21-16-7-5-4-6-8-16)13-19(24)15-9-11-17(12-10-15)22(2)3/h4-13H,1-3H3,(H,21,25). The molecule has 0 radical (unpaired) electrons. The van der Waals surface area contributed by atoms with Crippen molar-refractivity contribution in [3.63, 3.8) is 0 Å². The number of nitrogens with one attached hydrogen (secondary N) is 1. The van der Waals surface area contributed by atoms with Crippen LogP contribution < -0.4 is 10.2 Å². The molecule has 128 valence electrons. The third-order valence-corrected chi connectivity index (χ3v) is 3.60. The second-order valence-corrected chi connectivity index (χ2v) is 5.74. The van der Waals surface area contributed by atoms with E-state index in [-0.39, 0.29) is 5.57 Å². The van der Waals surface area contributed by atoms with Crippen LogP contribution in [0.15, 0.2) is 66.2 Å². The summed E-state index contributed by atoms with van der Waals surface area (Å²) in [6.07, 6.45) is 1.09. The Hall–Kier alpha value is -3.21. The van der Waals surface area contributed by atoms with Crippen LogP contribution in [0.1, 0.15) is 17.3 Å². The number of allylic oxidation sites excluding steroid dienone is 1. The molecule has 5 heteroatoms. The molecule has 1 amide bonds. The minimum Gasteiger partial charge on any atom is -0.378 e. The van der Waals surface area contributed by atoms with Crippen molar-refractivity contribution in [2.75, 3.05) is 24.3 Å². The van der Waals surface area contributed by atoms with Crippen molar-refractivity contribution >= 4 is 28.8 Å². The van der Waals surface area contributed by atoms with E-state index in [0.717, 1.165) is 11.8 Å². The minimum absolute atomic E-state index is 0.175. The highest BCUT2D eigenvalue weighted by Gasteiger charge is 2.17. The van der Waals surface area contributed by atoms with Gasteiger partial charge in [-0.3, -0.25) is 14.4 Å². The van der Waals surface area contributed by atoms with Crippen molar-refractivity contribution in [3.8, 4) is 0 Å². The molecule has 0 fully saturated rings. The Kier molecular flexibility index (Phi) is 5.84. The lowest BCUT2D eigenvalue weighted by molar-refractivity contribution is -0.118. The van der Waals surface area contributed by atoms with Gasteiger partial charge in [-0.05, 0) is 43.3 Å². The van der Waals surface area contributed by atoms with Gasteiger partial charge in [0.05, 0.1) is 5.57 Å². The Morgan fingerprint density at radius 1 is 0.920 bits per heavy atom. The lowest BCUT2D eigenvalue weighted by atomic mass is 10.0. The second kappa shape index (κ2) is 8.06. The molecule has 0 aromatic heterocycles. The molecule has 0 unspecified atom stereocenters. The fourth-order valence-electron chi connectivity index (χ4n) is 2.19. The molecule has 0 aliphatic carbocycles. The third-order valence-electron chi connectivity index (χ3n) is 3.60. The van der Waals surface area contributed by atoms with Gasteiger partial charge in [-0.25, -0.2) is 0 Å². The number of hydrogen-bond donors (Lipinski definition) is 1. The normalized spacial score (nSPS) is 10.9. The number of carbonyl (C=O) groups is 3. The second-order valence-electron chi connectivity index (χ2n) is 5.74. The number of amides is 1. The van der Waals surface area contributed by atoms with Crippen molar-refractivity contribution in [2.24, 2.45) is 0 Å². The van der Waals surface area contributed by atoms with Gasteiger partial charge in [-0.15, -0.1) is 0 Å². The molecule has 0 saturated heterocycles. The monoisotopic (exact) mass is 336 g/mol. The molecule has 0 bridgehead atoms. The van der Waals surface area contributed by atoms with E-state index in [9.17, 15) is 14.4 Å². The Morgan fingerprint density at radius 2 is 1.52 bits per heavy atom. The SMILES string of the molecule is CC(=O)C(=CC(=O)c1ccc(N(C)C)cc1)C(=O)Nc1ccccc1. The van der Waals surface area contributed by atoms with E-state index in [1.54, 1.807) is 48.5 Å². The van der Waals surface area contributed by atoms with Gasteiger partial charge < -0.3 is 10.2 Å². The molecular weight excluding hydrogens is 316 g/mol. The Bertz CT molecular complexity index is 807. The van der Waals surface area contributed by atoms with Gasteiger partial charge in [-0.2, -0.15) is 0 Å². The van der Waals surface area contributed by atoms with Gasteiger partial charge in [0.15, 0.2) is 11.6 Å². The fourth-order valence-corrected chi connectivity index (χ4v) is 2.19. The topological polar surface area (TPSA) is 66.5 Å². The smallest absolute Gasteiger partial charge is 0.259 e. The van der Waals surface area contributed by atoms with Crippen LogP contribution >= 0.6 is 0 Å². The van der Waals surface area contributed by atoms with Crippen molar-refractivity contribution in [1.29, 1.82) is 0 Å². The summed E-state index contributed by atoms with van der Waals surface area (Å²) < 4.78 is 0. The zero-order valence-electron chi connectivity index (χ0n) is 14.4. The third kappa shape index (κ3) is 4.88. The minimum atomic E-state index is -0.600. The molecule has 5 nitrogen and oxygen atoms in total. The number of hydrogen-bond acceptors (Lipinski definition) is 4. The van der Waals surface area contributed by atoms with E-state index in [2.05, 4.69) is 5.32 Å². The fraction of sp³-hybridized carbons (Fsp3) is 0.150. The summed E-state index contributed by atoms with van der Waals surface area (Å²) in [5.41, 5.74) is 1.75. The summed E-state index contributed by atoms with van der Waals surface area (Å²) in [5.74, 6) is -1.46. The van der Waals surface area contributed by atoms with E-state index in [1.165, 1.54) is 6.92 Å². The van der Waals surface area contributed by atoms with Crippen LogP contribution in [-0.4, -0.2) is 31.6 Å². The highest BCUT2D eigenvalue weighted by atomic mass is 16.2. The number of nitrogens with zero attached hydrogens (tertiary/aromatic N) is 1. The zero-order valence-corrected chi connectivity index (χ0v) is 14.4. The van der Waals surface area contributed by atoms with E-state index >= 15 is 0 Å². The lowest BCUT2D eigenvalue weighted by Gasteiger charge is -2.12. The number of rotatable bonds is 6. The van der Waals surface area contributed by atoms with Crippen molar-refractivity contribution in [2.45, 2.75) is 6.92 Å². The number of carbonyl (C=O) groups excluding carboxylic acids is 3. The Labute approximate surface area is 147 Å². The van der Waals surface area contributed by atoms with Gasteiger partial charge in [-0.1, -0.05) is 18.2 Å². The highest BCUT2D eigenvalue weighted by molar-refractivity contribution is 6.26. The number of Topliss-reactive ketones (excluding diaryl/α,β-unsaturated/α-hetero) is 1. The van der Waals surface area contributed by atoms with Gasteiger partial charge >= 0.3 is 0 Å². The van der Waals surface area contributed by atoms with Gasteiger partial charge in [0.25, 0.3) is 5.91 Å². The summed E-state index contributed by atoms with van der Waals surface area (Å²) in [5, 5.41) is 2.62. The summed E-state index contributed by atoms with van der Waals surface area (Å²) in [4.78, 5) is 38.4. The predicted molar refractivity (Wildman–Crippen MR) is 98.9 cm³/mol. The van der Waals surface area contributed by atoms with E-state index in [0.29, 0.717) is 11.3 Å². The first-order chi connectivity index (χ1) is 11.9. The first-order valence-electron chi connectivity index (χ1n) is 7.79. The molecule has 0 spiro atoms. The molecule has 2 aromatic rings. The molecule has 2 aromatic carbocycles. The maximum atomic E-state index is 12.4. The van der Waals surface area contributed by atoms with Gasteiger partial charge in [0, 0.05) is 37.1 Å². The maximum Gasteiger partial charge on any atom is 0.259 e.